The van der Waals surface area contributed by atoms with Gasteiger partial charge in [-0.2, -0.15) is 0 Å². The van der Waals surface area contributed by atoms with Crippen molar-refractivity contribution < 1.29 is 0 Å². The van der Waals surface area contributed by atoms with Gasteiger partial charge in [0.25, 0.3) is 0 Å². The summed E-state index contributed by atoms with van der Waals surface area (Å²) in [6.07, 6.45) is 0. The van der Waals surface area contributed by atoms with Crippen LogP contribution in [-0.2, 0) is 0 Å². The molecule has 0 fully saturated rings. The van der Waals surface area contributed by atoms with Gasteiger partial charge in [-0.25, -0.2) is 0 Å². The molecule has 0 saturated heterocycles. The van der Waals surface area contributed by atoms with Gasteiger partial charge >= 0.3 is 0 Å². The largest absolute Gasteiger partial charge is 0.310 e. The van der Waals surface area contributed by atoms with Crippen molar-refractivity contribution in [2.75, 3.05) is 4.90 Å². The maximum atomic E-state index is 2.44. The van der Waals surface area contributed by atoms with Crippen LogP contribution in [0.3, 0.4) is 0 Å². The Labute approximate surface area is 327 Å². The van der Waals surface area contributed by atoms with E-state index in [0.717, 1.165) is 28.3 Å². The Hall–Kier alpha value is -7.42. The lowest BCUT2D eigenvalue weighted by molar-refractivity contribution is 1.18. The van der Waals surface area contributed by atoms with E-state index in [2.05, 4.69) is 240 Å². The molecular weight excluding hydrogens is 677 g/mol. The number of fused-ring (bicyclic) bond motifs is 3. The van der Waals surface area contributed by atoms with Gasteiger partial charge in [0.15, 0.2) is 0 Å². The lowest BCUT2D eigenvalue weighted by atomic mass is 9.88. The van der Waals surface area contributed by atoms with E-state index in [0.29, 0.717) is 0 Å². The first-order chi connectivity index (χ1) is 27.8. The number of benzene rings is 9. The monoisotopic (exact) mass is 714 g/mol. The summed E-state index contributed by atoms with van der Waals surface area (Å²) in [6, 6.07) is 83.1. The van der Waals surface area contributed by atoms with Gasteiger partial charge in [-0.3, -0.25) is 0 Å². The van der Waals surface area contributed by atoms with Crippen LogP contribution in [0.4, 0.5) is 17.1 Å². The van der Waals surface area contributed by atoms with Crippen LogP contribution in [-0.4, -0.2) is 4.57 Å². The number of para-hydroxylation sites is 3. The van der Waals surface area contributed by atoms with Crippen molar-refractivity contribution in [1.82, 2.24) is 4.57 Å². The van der Waals surface area contributed by atoms with Gasteiger partial charge in [0, 0.05) is 33.4 Å². The maximum absolute atomic E-state index is 2.44. The molecule has 0 spiro atoms. The molecule has 0 amide bonds. The minimum Gasteiger partial charge on any atom is -0.310 e. The molecule has 10 rings (SSSR count). The van der Waals surface area contributed by atoms with Gasteiger partial charge in [-0.05, 0) is 93.5 Å². The van der Waals surface area contributed by atoms with Gasteiger partial charge in [-0.15, -0.1) is 0 Å². The van der Waals surface area contributed by atoms with E-state index in [9.17, 15) is 0 Å². The zero-order chi connectivity index (χ0) is 37.3. The van der Waals surface area contributed by atoms with Crippen LogP contribution < -0.4 is 4.90 Å². The van der Waals surface area contributed by atoms with Crippen LogP contribution in [0, 0.1) is 0 Å². The van der Waals surface area contributed by atoms with Gasteiger partial charge in [0.2, 0.25) is 0 Å². The van der Waals surface area contributed by atoms with Crippen molar-refractivity contribution in [1.29, 1.82) is 0 Å². The lowest BCUT2D eigenvalue weighted by Gasteiger charge is -2.29. The van der Waals surface area contributed by atoms with Gasteiger partial charge < -0.3 is 9.47 Å². The van der Waals surface area contributed by atoms with Crippen LogP contribution in [0.2, 0.25) is 0 Å². The molecule has 0 N–H and O–H groups in total. The van der Waals surface area contributed by atoms with Crippen molar-refractivity contribution in [3.63, 3.8) is 0 Å². The first-order valence-electron chi connectivity index (χ1n) is 19.2. The van der Waals surface area contributed by atoms with Crippen LogP contribution in [0.5, 0.6) is 0 Å². The van der Waals surface area contributed by atoms with E-state index in [1.807, 2.05) is 0 Å². The molecule has 2 heteroatoms. The molecular formula is C54H38N2. The molecule has 0 saturated carbocycles. The molecule has 56 heavy (non-hydrogen) atoms. The highest BCUT2D eigenvalue weighted by molar-refractivity contribution is 6.11. The number of rotatable bonds is 8. The summed E-state index contributed by atoms with van der Waals surface area (Å²) in [6.45, 7) is 0. The van der Waals surface area contributed by atoms with E-state index in [1.165, 1.54) is 60.8 Å². The third kappa shape index (κ3) is 5.95. The summed E-state index contributed by atoms with van der Waals surface area (Å²) >= 11 is 0. The van der Waals surface area contributed by atoms with Crippen LogP contribution in [0.15, 0.2) is 231 Å². The molecule has 0 aliphatic carbocycles. The number of aromatic nitrogens is 1. The SMILES string of the molecule is c1ccc(-c2cccc(N(c3ccc4c(c3)c3ccccc3n4-c3ccccc3)c3ccccc3-c3ccccc3-c3ccccc3-c3ccccc3)c2)cc1. The van der Waals surface area contributed by atoms with Crippen molar-refractivity contribution in [2.45, 2.75) is 0 Å². The summed E-state index contributed by atoms with van der Waals surface area (Å²) < 4.78 is 2.38. The fourth-order valence-corrected chi connectivity index (χ4v) is 8.27. The molecule has 0 aliphatic rings. The lowest BCUT2D eigenvalue weighted by Crippen LogP contribution is -2.11. The van der Waals surface area contributed by atoms with E-state index < -0.39 is 0 Å². The molecule has 1 aromatic heterocycles. The number of hydrogen-bond donors (Lipinski definition) is 0. The molecule has 2 nitrogen and oxygen atoms in total. The Balaban J connectivity index is 1.21. The highest BCUT2D eigenvalue weighted by Crippen LogP contribution is 2.46. The minimum atomic E-state index is 1.09. The highest BCUT2D eigenvalue weighted by Gasteiger charge is 2.22. The predicted octanol–water partition coefficient (Wildman–Crippen LogP) is 14.9. The number of hydrogen-bond acceptors (Lipinski definition) is 1. The highest BCUT2D eigenvalue weighted by atomic mass is 15.1. The summed E-state index contributed by atoms with van der Waals surface area (Å²) in [4.78, 5) is 2.44. The van der Waals surface area contributed by atoms with Gasteiger partial charge in [0.05, 0.1) is 16.7 Å². The predicted molar refractivity (Wildman–Crippen MR) is 237 cm³/mol. The second-order valence-corrected chi connectivity index (χ2v) is 14.1. The quantitative estimate of drug-likeness (QED) is 0.152. The fourth-order valence-electron chi connectivity index (χ4n) is 8.27. The second-order valence-electron chi connectivity index (χ2n) is 14.1. The minimum absolute atomic E-state index is 1.09. The molecule has 0 bridgehead atoms. The van der Waals surface area contributed by atoms with Crippen molar-refractivity contribution >= 4 is 38.9 Å². The van der Waals surface area contributed by atoms with Crippen LogP contribution in [0.1, 0.15) is 0 Å². The molecule has 0 atom stereocenters. The Morgan fingerprint density at radius 2 is 0.786 bits per heavy atom. The summed E-state index contributed by atoms with van der Waals surface area (Å²) in [5.74, 6) is 0. The van der Waals surface area contributed by atoms with E-state index in [1.54, 1.807) is 0 Å². The maximum Gasteiger partial charge on any atom is 0.0542 e. The Morgan fingerprint density at radius 1 is 0.286 bits per heavy atom. The zero-order valence-corrected chi connectivity index (χ0v) is 30.8. The number of anilines is 3. The standard InChI is InChI=1S/C54H38N2/c1-4-19-39(20-5-1)41-23-18-26-43(37-41)55(44-35-36-54-51(38-44)50-32-15-17-34-53(50)56(54)42-24-8-3-9-25-42)52-33-16-14-31-49(52)48-30-13-12-29-47(48)46-28-11-10-27-45(46)40-21-6-2-7-22-40/h1-38H. The average molecular weight is 715 g/mol. The molecule has 1 heterocycles. The van der Waals surface area contributed by atoms with Crippen molar-refractivity contribution in [3.8, 4) is 50.2 Å². The first kappa shape index (κ1) is 33.2. The van der Waals surface area contributed by atoms with Gasteiger partial charge in [-0.1, -0.05) is 176 Å². The Bertz CT molecular complexity index is 2960. The fraction of sp³-hybridized carbons (Fsp3) is 0. The van der Waals surface area contributed by atoms with E-state index >= 15 is 0 Å². The molecule has 10 aromatic rings. The molecule has 9 aromatic carbocycles. The second kappa shape index (κ2) is 14.4. The van der Waals surface area contributed by atoms with Gasteiger partial charge in [0.1, 0.15) is 0 Å². The van der Waals surface area contributed by atoms with E-state index in [4.69, 9.17) is 0 Å². The molecule has 264 valence electrons. The van der Waals surface area contributed by atoms with Crippen molar-refractivity contribution in [3.05, 3.63) is 231 Å². The Morgan fingerprint density at radius 3 is 1.52 bits per heavy atom. The van der Waals surface area contributed by atoms with Crippen LogP contribution >= 0.6 is 0 Å². The zero-order valence-electron chi connectivity index (χ0n) is 30.8. The van der Waals surface area contributed by atoms with E-state index in [-0.39, 0.29) is 0 Å². The molecule has 0 radical (unpaired) electrons. The number of nitrogens with zero attached hydrogens (tertiary/aromatic N) is 2. The summed E-state index contributed by atoms with van der Waals surface area (Å²) in [5, 5.41) is 2.43. The van der Waals surface area contributed by atoms with Crippen LogP contribution in [0.25, 0.3) is 72.0 Å². The third-order valence-electron chi connectivity index (χ3n) is 10.8. The first-order valence-corrected chi connectivity index (χ1v) is 19.2. The molecule has 0 unspecified atom stereocenters. The molecule has 0 aliphatic heterocycles. The normalized spacial score (nSPS) is 11.2. The van der Waals surface area contributed by atoms with Crippen molar-refractivity contribution in [2.24, 2.45) is 0 Å². The topological polar surface area (TPSA) is 8.17 Å². The summed E-state index contributed by atoms with van der Waals surface area (Å²) in [7, 11) is 0. The third-order valence-corrected chi connectivity index (χ3v) is 10.8. The Kier molecular flexibility index (Phi) is 8.55. The smallest absolute Gasteiger partial charge is 0.0542 e. The average Bonchev–Trinajstić information content (AvgIpc) is 3.61. The summed E-state index contributed by atoms with van der Waals surface area (Å²) in [5.41, 5.74) is 16.3.